The molecule has 0 aliphatic carbocycles. The Balaban J connectivity index is 1.89. The molecule has 1 unspecified atom stereocenters. The summed E-state index contributed by atoms with van der Waals surface area (Å²) in [7, 11) is 0. The number of rotatable bonds is 4. The normalized spacial score (nSPS) is 12.0. The molecule has 1 atom stereocenters. The molecule has 0 bridgehead atoms. The smallest absolute Gasteiger partial charge is 0.405 e. The van der Waals surface area contributed by atoms with Crippen LogP contribution in [-0.4, -0.2) is 11.1 Å². The van der Waals surface area contributed by atoms with E-state index in [-0.39, 0.29) is 0 Å². The fourth-order valence-corrected chi connectivity index (χ4v) is 2.45. The molecule has 3 rings (SSSR count). The van der Waals surface area contributed by atoms with Gasteiger partial charge in [-0.25, -0.2) is 4.79 Å². The number of pyridine rings is 1. The first kappa shape index (κ1) is 14.1. The van der Waals surface area contributed by atoms with Crippen molar-refractivity contribution in [1.29, 1.82) is 0 Å². The molecule has 110 valence electrons. The fourth-order valence-electron chi connectivity index (χ4n) is 2.45. The Labute approximate surface area is 128 Å². The predicted octanol–water partition coefficient (Wildman–Crippen LogP) is 3.61. The summed E-state index contributed by atoms with van der Waals surface area (Å²) in [6.07, 6.45) is -0.736. The van der Waals surface area contributed by atoms with E-state index in [1.54, 1.807) is 0 Å². The number of carbonyl (C=O) groups excluding carboxylic acids is 1. The largest absolute Gasteiger partial charge is 0.441 e. The highest BCUT2D eigenvalue weighted by molar-refractivity contribution is 5.78. The second-order valence-corrected chi connectivity index (χ2v) is 5.04. The van der Waals surface area contributed by atoms with Crippen LogP contribution in [-0.2, 0) is 11.2 Å². The third kappa shape index (κ3) is 3.23. The summed E-state index contributed by atoms with van der Waals surface area (Å²) >= 11 is 0. The van der Waals surface area contributed by atoms with E-state index >= 15 is 0 Å². The third-order valence-electron chi connectivity index (χ3n) is 3.48. The van der Waals surface area contributed by atoms with Crippen molar-refractivity contribution in [1.82, 2.24) is 4.98 Å². The second kappa shape index (κ2) is 6.26. The number of amides is 1. The van der Waals surface area contributed by atoms with Crippen LogP contribution in [0.3, 0.4) is 0 Å². The zero-order chi connectivity index (χ0) is 15.4. The minimum atomic E-state index is -0.783. The Morgan fingerprint density at radius 3 is 2.50 bits per heavy atom. The van der Waals surface area contributed by atoms with E-state index in [1.807, 2.05) is 66.7 Å². The number of hydrogen-bond acceptors (Lipinski definition) is 3. The molecule has 2 N–H and O–H groups in total. The Kier molecular flexibility index (Phi) is 4.01. The van der Waals surface area contributed by atoms with Gasteiger partial charge in [-0.3, -0.25) is 4.98 Å². The van der Waals surface area contributed by atoms with Crippen molar-refractivity contribution in [3.05, 3.63) is 78.0 Å². The van der Waals surface area contributed by atoms with Crippen molar-refractivity contribution in [2.45, 2.75) is 12.5 Å². The molecular weight excluding hydrogens is 276 g/mol. The number of carbonyl (C=O) groups is 1. The summed E-state index contributed by atoms with van der Waals surface area (Å²) in [6, 6.07) is 21.4. The van der Waals surface area contributed by atoms with Crippen LogP contribution in [0.25, 0.3) is 10.9 Å². The van der Waals surface area contributed by atoms with Gasteiger partial charge in [-0.15, -0.1) is 0 Å². The van der Waals surface area contributed by atoms with Crippen molar-refractivity contribution in [3.8, 4) is 0 Å². The third-order valence-corrected chi connectivity index (χ3v) is 3.48. The maximum Gasteiger partial charge on any atom is 0.405 e. The maximum absolute atomic E-state index is 11.2. The first-order chi connectivity index (χ1) is 10.7. The highest BCUT2D eigenvalue weighted by atomic mass is 16.6. The fraction of sp³-hybridized carbons (Fsp3) is 0.111. The van der Waals surface area contributed by atoms with Crippen molar-refractivity contribution in [3.63, 3.8) is 0 Å². The molecule has 0 aliphatic rings. The second-order valence-electron chi connectivity index (χ2n) is 5.04. The van der Waals surface area contributed by atoms with Gasteiger partial charge in [-0.2, -0.15) is 0 Å². The predicted molar refractivity (Wildman–Crippen MR) is 85.3 cm³/mol. The molecular formula is C18H16N2O2. The highest BCUT2D eigenvalue weighted by Gasteiger charge is 2.16. The molecule has 0 spiro atoms. The lowest BCUT2D eigenvalue weighted by Gasteiger charge is -2.17. The number of fused-ring (bicyclic) bond motifs is 1. The van der Waals surface area contributed by atoms with E-state index in [9.17, 15) is 4.79 Å². The van der Waals surface area contributed by atoms with Crippen LogP contribution in [0.1, 0.15) is 17.4 Å². The quantitative estimate of drug-likeness (QED) is 0.798. The van der Waals surface area contributed by atoms with Crippen LogP contribution < -0.4 is 5.73 Å². The lowest BCUT2D eigenvalue weighted by molar-refractivity contribution is 0.106. The molecule has 0 saturated carbocycles. The summed E-state index contributed by atoms with van der Waals surface area (Å²) < 4.78 is 5.25. The summed E-state index contributed by atoms with van der Waals surface area (Å²) in [5.41, 5.74) is 7.87. The average molecular weight is 292 g/mol. The van der Waals surface area contributed by atoms with Crippen LogP contribution in [0.5, 0.6) is 0 Å². The van der Waals surface area contributed by atoms with Gasteiger partial charge in [0.2, 0.25) is 0 Å². The number of benzene rings is 2. The molecule has 22 heavy (non-hydrogen) atoms. The number of ether oxygens (including phenoxy) is 1. The first-order valence-corrected chi connectivity index (χ1v) is 7.08. The van der Waals surface area contributed by atoms with Gasteiger partial charge in [0, 0.05) is 17.5 Å². The van der Waals surface area contributed by atoms with Crippen molar-refractivity contribution < 1.29 is 9.53 Å². The van der Waals surface area contributed by atoms with Gasteiger partial charge in [0.1, 0.15) is 6.10 Å². The lowest BCUT2D eigenvalue weighted by Crippen LogP contribution is -2.19. The Morgan fingerprint density at radius 2 is 1.73 bits per heavy atom. The molecule has 0 fully saturated rings. The Hall–Kier alpha value is -2.88. The van der Waals surface area contributed by atoms with Gasteiger partial charge in [0.25, 0.3) is 0 Å². The molecule has 4 heteroatoms. The van der Waals surface area contributed by atoms with Crippen molar-refractivity contribution in [2.24, 2.45) is 5.73 Å². The minimum Gasteiger partial charge on any atom is -0.441 e. The molecule has 1 heterocycles. The average Bonchev–Trinajstić information content (AvgIpc) is 2.54. The zero-order valence-electron chi connectivity index (χ0n) is 12.0. The summed E-state index contributed by atoms with van der Waals surface area (Å²) in [4.78, 5) is 15.8. The van der Waals surface area contributed by atoms with Crippen LogP contribution in [0.2, 0.25) is 0 Å². The molecule has 0 aliphatic heterocycles. The number of nitrogens with two attached hydrogens (primary N) is 1. The van der Waals surface area contributed by atoms with Crippen LogP contribution in [0.4, 0.5) is 4.79 Å². The number of primary amides is 1. The molecule has 0 radical (unpaired) electrons. The van der Waals surface area contributed by atoms with E-state index in [2.05, 4.69) is 4.98 Å². The van der Waals surface area contributed by atoms with Gasteiger partial charge in [0.05, 0.1) is 5.52 Å². The SMILES string of the molecule is NC(=O)OC(Cc1ccc2ccccc2n1)c1ccccc1. The first-order valence-electron chi connectivity index (χ1n) is 7.08. The summed E-state index contributed by atoms with van der Waals surface area (Å²) in [5, 5.41) is 1.08. The topological polar surface area (TPSA) is 65.2 Å². The lowest BCUT2D eigenvalue weighted by atomic mass is 10.0. The van der Waals surface area contributed by atoms with Crippen molar-refractivity contribution in [2.75, 3.05) is 0 Å². The number of aromatic nitrogens is 1. The van der Waals surface area contributed by atoms with E-state index in [0.717, 1.165) is 22.2 Å². The monoisotopic (exact) mass is 292 g/mol. The number of hydrogen-bond donors (Lipinski definition) is 1. The van der Waals surface area contributed by atoms with Gasteiger partial charge in [0.15, 0.2) is 0 Å². The van der Waals surface area contributed by atoms with E-state index in [1.165, 1.54) is 0 Å². The number of para-hydroxylation sites is 1. The molecule has 2 aromatic carbocycles. The number of nitrogens with zero attached hydrogens (tertiary/aromatic N) is 1. The molecule has 0 saturated heterocycles. The summed E-state index contributed by atoms with van der Waals surface area (Å²) in [6.45, 7) is 0. The van der Waals surface area contributed by atoms with Crippen LogP contribution >= 0.6 is 0 Å². The Bertz CT molecular complexity index is 787. The van der Waals surface area contributed by atoms with Gasteiger partial charge in [-0.1, -0.05) is 54.6 Å². The van der Waals surface area contributed by atoms with Crippen LogP contribution in [0.15, 0.2) is 66.7 Å². The summed E-state index contributed by atoms with van der Waals surface area (Å²) in [5.74, 6) is 0. The zero-order valence-corrected chi connectivity index (χ0v) is 12.0. The van der Waals surface area contributed by atoms with E-state index in [0.29, 0.717) is 6.42 Å². The Morgan fingerprint density at radius 1 is 1.00 bits per heavy atom. The van der Waals surface area contributed by atoms with Crippen molar-refractivity contribution >= 4 is 17.0 Å². The van der Waals surface area contributed by atoms with Gasteiger partial charge < -0.3 is 10.5 Å². The maximum atomic E-state index is 11.2. The van der Waals surface area contributed by atoms with Gasteiger partial charge in [-0.05, 0) is 17.7 Å². The standard InChI is InChI=1S/C18H16N2O2/c19-18(21)22-17(14-7-2-1-3-8-14)12-15-11-10-13-6-4-5-9-16(13)20-15/h1-11,17H,12H2,(H2,19,21). The van der Waals surface area contributed by atoms with E-state index in [4.69, 9.17) is 10.5 Å². The molecule has 1 aromatic heterocycles. The highest BCUT2D eigenvalue weighted by Crippen LogP contribution is 2.22. The molecule has 4 nitrogen and oxygen atoms in total. The minimum absolute atomic E-state index is 0.438. The molecule has 3 aromatic rings. The molecule has 1 amide bonds. The van der Waals surface area contributed by atoms with Crippen LogP contribution in [0, 0.1) is 0 Å². The van der Waals surface area contributed by atoms with E-state index < -0.39 is 12.2 Å². The van der Waals surface area contributed by atoms with Gasteiger partial charge >= 0.3 is 6.09 Å².